The minimum atomic E-state index is -0.530. The molecule has 0 spiro atoms. The van der Waals surface area contributed by atoms with Gasteiger partial charge in [-0.25, -0.2) is 0 Å². The number of amides is 2. The lowest BCUT2D eigenvalue weighted by atomic mass is 10.1. The minimum Gasteiger partial charge on any atom is -0.301 e. The van der Waals surface area contributed by atoms with Gasteiger partial charge >= 0.3 is 0 Å². The van der Waals surface area contributed by atoms with E-state index in [4.69, 9.17) is 0 Å². The third kappa shape index (κ3) is 2.19. The second-order valence-electron chi connectivity index (χ2n) is 3.50. The summed E-state index contributed by atoms with van der Waals surface area (Å²) in [5.41, 5.74) is 0. The Hall–Kier alpha value is -1.19. The second kappa shape index (κ2) is 4.88. The van der Waals surface area contributed by atoms with Crippen molar-refractivity contribution in [2.24, 2.45) is 0 Å². The molecule has 0 saturated carbocycles. The highest BCUT2D eigenvalue weighted by molar-refractivity contribution is 6.03. The van der Waals surface area contributed by atoms with Gasteiger partial charge < -0.3 is 4.79 Å². The number of nitrogens with zero attached hydrogens (tertiary/aromatic N) is 1. The second-order valence-corrected chi connectivity index (χ2v) is 3.50. The molecule has 0 aliphatic carbocycles. The van der Waals surface area contributed by atoms with E-state index in [1.807, 2.05) is 6.92 Å². The van der Waals surface area contributed by atoms with Gasteiger partial charge in [-0.15, -0.1) is 0 Å². The Morgan fingerprint density at radius 1 is 1.36 bits per heavy atom. The lowest BCUT2D eigenvalue weighted by molar-refractivity contribution is -0.143. The maximum atomic E-state index is 11.3. The maximum Gasteiger partial charge on any atom is 0.230 e. The monoisotopic (exact) mass is 197 g/mol. The molecule has 1 aliphatic rings. The van der Waals surface area contributed by atoms with Crippen molar-refractivity contribution in [3.8, 4) is 0 Å². The Kier molecular flexibility index (Phi) is 3.80. The van der Waals surface area contributed by atoms with E-state index < -0.39 is 6.04 Å². The zero-order valence-corrected chi connectivity index (χ0v) is 8.36. The number of imide groups is 1. The van der Waals surface area contributed by atoms with Crippen LogP contribution in [0.4, 0.5) is 0 Å². The SMILES string of the molecule is CCCCC(C=O)N1C(=O)CCC1=O. The van der Waals surface area contributed by atoms with Crippen LogP contribution in [0.2, 0.25) is 0 Å². The Morgan fingerprint density at radius 3 is 2.36 bits per heavy atom. The van der Waals surface area contributed by atoms with Gasteiger partial charge in [0.25, 0.3) is 0 Å². The fourth-order valence-electron chi connectivity index (χ4n) is 1.64. The number of carbonyl (C=O) groups is 3. The number of unbranched alkanes of at least 4 members (excludes halogenated alkanes) is 1. The summed E-state index contributed by atoms with van der Waals surface area (Å²) in [6, 6.07) is -0.530. The van der Waals surface area contributed by atoms with Crippen molar-refractivity contribution in [3.63, 3.8) is 0 Å². The molecule has 0 bridgehead atoms. The lowest BCUT2D eigenvalue weighted by Gasteiger charge is -2.20. The number of rotatable bonds is 5. The molecular formula is C10H15NO3. The first-order valence-electron chi connectivity index (χ1n) is 5.01. The van der Waals surface area contributed by atoms with Crippen molar-refractivity contribution >= 4 is 18.1 Å². The third-order valence-corrected chi connectivity index (χ3v) is 2.43. The molecular weight excluding hydrogens is 182 g/mol. The molecule has 2 amide bonds. The van der Waals surface area contributed by atoms with Gasteiger partial charge in [0, 0.05) is 12.8 Å². The van der Waals surface area contributed by atoms with Gasteiger partial charge in [-0.3, -0.25) is 14.5 Å². The molecule has 78 valence electrons. The molecule has 1 atom stereocenters. The summed E-state index contributed by atoms with van der Waals surface area (Å²) in [5.74, 6) is -0.411. The average molecular weight is 197 g/mol. The standard InChI is InChI=1S/C10H15NO3/c1-2-3-4-8(7-12)11-9(13)5-6-10(11)14/h7-8H,2-6H2,1H3. The van der Waals surface area contributed by atoms with E-state index in [9.17, 15) is 14.4 Å². The van der Waals surface area contributed by atoms with Crippen molar-refractivity contribution in [2.45, 2.75) is 45.1 Å². The van der Waals surface area contributed by atoms with E-state index in [1.54, 1.807) is 0 Å². The van der Waals surface area contributed by atoms with Gasteiger partial charge in [0.2, 0.25) is 11.8 Å². The van der Waals surface area contributed by atoms with Crippen LogP contribution in [0.15, 0.2) is 0 Å². The first-order chi connectivity index (χ1) is 6.70. The van der Waals surface area contributed by atoms with E-state index in [0.29, 0.717) is 12.7 Å². The fourth-order valence-corrected chi connectivity index (χ4v) is 1.64. The largest absolute Gasteiger partial charge is 0.301 e. The normalized spacial score (nSPS) is 18.8. The number of carbonyl (C=O) groups excluding carboxylic acids is 3. The number of likely N-dealkylation sites (tertiary alicyclic amines) is 1. The number of hydrogen-bond acceptors (Lipinski definition) is 3. The summed E-state index contributed by atoms with van der Waals surface area (Å²) in [6.45, 7) is 2.01. The molecule has 1 aliphatic heterocycles. The summed E-state index contributed by atoms with van der Waals surface area (Å²) in [5, 5.41) is 0. The summed E-state index contributed by atoms with van der Waals surface area (Å²) in [4.78, 5) is 34.5. The van der Waals surface area contributed by atoms with Crippen LogP contribution in [-0.2, 0) is 14.4 Å². The summed E-state index contributed by atoms with van der Waals surface area (Å²) in [7, 11) is 0. The van der Waals surface area contributed by atoms with E-state index in [0.717, 1.165) is 17.7 Å². The smallest absolute Gasteiger partial charge is 0.230 e. The van der Waals surface area contributed by atoms with Crippen molar-refractivity contribution in [2.75, 3.05) is 0 Å². The van der Waals surface area contributed by atoms with E-state index in [2.05, 4.69) is 0 Å². The highest BCUT2D eigenvalue weighted by Crippen LogP contribution is 2.17. The fraction of sp³-hybridized carbons (Fsp3) is 0.700. The quantitative estimate of drug-likeness (QED) is 0.486. The van der Waals surface area contributed by atoms with Gasteiger partial charge in [0.15, 0.2) is 0 Å². The summed E-state index contributed by atoms with van der Waals surface area (Å²) < 4.78 is 0. The molecule has 0 aromatic heterocycles. The molecule has 0 aromatic carbocycles. The minimum absolute atomic E-state index is 0.205. The van der Waals surface area contributed by atoms with Crippen molar-refractivity contribution in [1.29, 1.82) is 0 Å². The van der Waals surface area contributed by atoms with Gasteiger partial charge in [-0.1, -0.05) is 19.8 Å². The van der Waals surface area contributed by atoms with Gasteiger partial charge in [-0.2, -0.15) is 0 Å². The Balaban J connectivity index is 2.62. The number of hydrogen-bond donors (Lipinski definition) is 0. The average Bonchev–Trinajstić information content (AvgIpc) is 2.50. The van der Waals surface area contributed by atoms with E-state index >= 15 is 0 Å². The highest BCUT2D eigenvalue weighted by Gasteiger charge is 2.34. The first-order valence-corrected chi connectivity index (χ1v) is 5.01. The van der Waals surface area contributed by atoms with Gasteiger partial charge in [-0.05, 0) is 6.42 Å². The van der Waals surface area contributed by atoms with Gasteiger partial charge in [0.1, 0.15) is 6.29 Å². The van der Waals surface area contributed by atoms with Crippen molar-refractivity contribution < 1.29 is 14.4 Å². The molecule has 1 rings (SSSR count). The van der Waals surface area contributed by atoms with Gasteiger partial charge in [0.05, 0.1) is 6.04 Å². The lowest BCUT2D eigenvalue weighted by Crippen LogP contribution is -2.40. The van der Waals surface area contributed by atoms with Crippen LogP contribution in [0, 0.1) is 0 Å². The first kappa shape index (κ1) is 10.9. The van der Waals surface area contributed by atoms with E-state index in [-0.39, 0.29) is 24.7 Å². The molecule has 0 N–H and O–H groups in total. The summed E-state index contributed by atoms with van der Waals surface area (Å²) in [6.07, 6.45) is 3.64. The Labute approximate surface area is 83.3 Å². The van der Waals surface area contributed by atoms with Crippen molar-refractivity contribution in [1.82, 2.24) is 4.90 Å². The molecule has 0 aromatic rings. The molecule has 1 unspecified atom stereocenters. The Bertz CT molecular complexity index is 234. The topological polar surface area (TPSA) is 54.5 Å². The van der Waals surface area contributed by atoms with E-state index in [1.165, 1.54) is 0 Å². The van der Waals surface area contributed by atoms with Crippen LogP contribution in [0.1, 0.15) is 39.0 Å². The highest BCUT2D eigenvalue weighted by atomic mass is 16.2. The van der Waals surface area contributed by atoms with Crippen LogP contribution in [0.5, 0.6) is 0 Å². The number of aldehydes is 1. The molecule has 1 saturated heterocycles. The Morgan fingerprint density at radius 2 is 1.93 bits per heavy atom. The zero-order valence-electron chi connectivity index (χ0n) is 8.36. The van der Waals surface area contributed by atoms with Crippen LogP contribution in [-0.4, -0.2) is 29.0 Å². The molecule has 1 heterocycles. The van der Waals surface area contributed by atoms with Crippen LogP contribution < -0.4 is 0 Å². The molecule has 1 fully saturated rings. The predicted molar refractivity (Wildman–Crippen MR) is 50.5 cm³/mol. The molecule has 4 heteroatoms. The predicted octanol–water partition coefficient (Wildman–Crippen LogP) is 0.893. The molecule has 4 nitrogen and oxygen atoms in total. The molecule has 0 radical (unpaired) electrons. The zero-order chi connectivity index (χ0) is 10.6. The summed E-state index contributed by atoms with van der Waals surface area (Å²) >= 11 is 0. The maximum absolute atomic E-state index is 11.3. The van der Waals surface area contributed by atoms with Crippen molar-refractivity contribution in [3.05, 3.63) is 0 Å². The third-order valence-electron chi connectivity index (χ3n) is 2.43. The van der Waals surface area contributed by atoms with Crippen LogP contribution in [0.3, 0.4) is 0 Å². The van der Waals surface area contributed by atoms with Crippen LogP contribution in [0.25, 0.3) is 0 Å². The molecule has 14 heavy (non-hydrogen) atoms. The van der Waals surface area contributed by atoms with Crippen LogP contribution >= 0.6 is 0 Å².